The Bertz CT molecular complexity index is 694. The highest BCUT2D eigenvalue weighted by molar-refractivity contribution is 5.92. The molecule has 0 saturated heterocycles. The van der Waals surface area contributed by atoms with Gasteiger partial charge in [-0.05, 0) is 18.6 Å². The van der Waals surface area contributed by atoms with Gasteiger partial charge in [-0.2, -0.15) is 0 Å². The Morgan fingerprint density at radius 3 is 2.81 bits per heavy atom. The molecule has 21 heavy (non-hydrogen) atoms. The molecule has 0 atom stereocenters. The zero-order valence-electron chi connectivity index (χ0n) is 11.6. The van der Waals surface area contributed by atoms with Crippen LogP contribution in [0.25, 0.3) is 0 Å². The van der Waals surface area contributed by atoms with Crippen LogP contribution in [0, 0.1) is 6.92 Å². The van der Waals surface area contributed by atoms with Crippen molar-refractivity contribution >= 4 is 11.6 Å². The van der Waals surface area contributed by atoms with Gasteiger partial charge in [0.15, 0.2) is 12.4 Å². The van der Waals surface area contributed by atoms with Crippen LogP contribution in [0.4, 0.5) is 5.69 Å². The first kappa shape index (κ1) is 14.8. The quantitative estimate of drug-likeness (QED) is 0.770. The number of para-hydroxylation sites is 1. The van der Waals surface area contributed by atoms with E-state index >= 15 is 0 Å². The highest BCUT2D eigenvalue weighted by atomic mass is 16.5. The number of aryl methyl sites for hydroxylation is 1. The van der Waals surface area contributed by atoms with Crippen LogP contribution in [0.1, 0.15) is 11.3 Å². The number of aliphatic hydroxyl groups excluding tert-OH is 1. The van der Waals surface area contributed by atoms with Crippen LogP contribution in [0.3, 0.4) is 0 Å². The number of nitrogens with one attached hydrogen (secondary N) is 2. The number of ether oxygens (including phenoxy) is 1. The summed E-state index contributed by atoms with van der Waals surface area (Å²) in [5.74, 6) is -0.318. The average Bonchev–Trinajstić information content (AvgIpc) is 2.48. The smallest absolute Gasteiger partial charge is 0.262 e. The number of pyridine rings is 1. The molecule has 110 valence electrons. The summed E-state index contributed by atoms with van der Waals surface area (Å²) in [7, 11) is 0. The number of carbonyl (C=O) groups is 1. The van der Waals surface area contributed by atoms with Crippen molar-refractivity contribution in [1.29, 1.82) is 0 Å². The van der Waals surface area contributed by atoms with Crippen molar-refractivity contribution < 1.29 is 14.6 Å². The zero-order valence-corrected chi connectivity index (χ0v) is 11.6. The Morgan fingerprint density at radius 2 is 2.14 bits per heavy atom. The fraction of sp³-hybridized carbons (Fsp3) is 0.200. The van der Waals surface area contributed by atoms with E-state index in [0.717, 1.165) is 5.56 Å². The first-order valence-corrected chi connectivity index (χ1v) is 6.41. The number of amides is 1. The summed E-state index contributed by atoms with van der Waals surface area (Å²) in [6.45, 7) is 1.36. The summed E-state index contributed by atoms with van der Waals surface area (Å²) in [5.41, 5.74) is 1.64. The summed E-state index contributed by atoms with van der Waals surface area (Å²) in [5, 5.41) is 11.6. The molecule has 0 bridgehead atoms. The van der Waals surface area contributed by atoms with Gasteiger partial charge in [0.25, 0.3) is 5.91 Å². The molecule has 0 unspecified atom stereocenters. The number of hydrogen-bond donors (Lipinski definition) is 3. The number of anilines is 1. The van der Waals surface area contributed by atoms with Gasteiger partial charge in [-0.15, -0.1) is 0 Å². The van der Waals surface area contributed by atoms with E-state index in [9.17, 15) is 9.59 Å². The van der Waals surface area contributed by atoms with Crippen LogP contribution < -0.4 is 15.5 Å². The van der Waals surface area contributed by atoms with Gasteiger partial charge in [0.1, 0.15) is 0 Å². The molecule has 3 N–H and O–H groups in total. The first-order chi connectivity index (χ1) is 10.1. The van der Waals surface area contributed by atoms with E-state index in [1.54, 1.807) is 6.07 Å². The maximum absolute atomic E-state index is 11.8. The van der Waals surface area contributed by atoms with E-state index in [0.29, 0.717) is 11.4 Å². The third-order valence-electron chi connectivity index (χ3n) is 2.89. The second-order valence-electron chi connectivity index (χ2n) is 4.50. The predicted molar refractivity (Wildman–Crippen MR) is 78.3 cm³/mol. The number of rotatable bonds is 5. The van der Waals surface area contributed by atoms with Gasteiger partial charge in [-0.25, -0.2) is 0 Å². The van der Waals surface area contributed by atoms with Crippen molar-refractivity contribution in [2.24, 2.45) is 0 Å². The summed E-state index contributed by atoms with van der Waals surface area (Å²) in [4.78, 5) is 26.1. The fourth-order valence-electron chi connectivity index (χ4n) is 1.75. The van der Waals surface area contributed by atoms with Crippen LogP contribution in [0.2, 0.25) is 0 Å². The lowest BCUT2D eigenvalue weighted by Crippen LogP contribution is -2.22. The molecule has 2 rings (SSSR count). The molecule has 6 heteroatoms. The lowest BCUT2D eigenvalue weighted by molar-refractivity contribution is -0.118. The summed E-state index contributed by atoms with van der Waals surface area (Å²) in [6.07, 6.45) is 1.33. The second-order valence-corrected chi connectivity index (χ2v) is 4.50. The van der Waals surface area contributed by atoms with Gasteiger partial charge in [-0.1, -0.05) is 18.2 Å². The van der Waals surface area contributed by atoms with E-state index in [1.165, 1.54) is 12.3 Å². The minimum absolute atomic E-state index is 0.0344. The Labute approximate surface area is 121 Å². The third-order valence-corrected chi connectivity index (χ3v) is 2.89. The number of carbonyl (C=O) groups excluding carboxylic acids is 1. The molecule has 0 fully saturated rings. The summed E-state index contributed by atoms with van der Waals surface area (Å²) < 4.78 is 5.17. The zero-order chi connectivity index (χ0) is 15.2. The topological polar surface area (TPSA) is 91.4 Å². The number of H-pyrrole nitrogens is 1. The fourth-order valence-corrected chi connectivity index (χ4v) is 1.75. The molecule has 0 spiro atoms. The molecule has 1 aromatic heterocycles. The molecule has 1 heterocycles. The standard InChI is InChI=1S/C15H16N2O4/c1-10-4-2-3-5-12(10)17-15(20)9-21-14-7-16-11(8-18)6-13(14)19/h2-7,18H,8-9H2,1H3,(H,16,19)(H,17,20). The molecule has 0 aliphatic carbocycles. The van der Waals surface area contributed by atoms with E-state index in [-0.39, 0.29) is 30.3 Å². The van der Waals surface area contributed by atoms with Crippen LogP contribution in [0.5, 0.6) is 5.75 Å². The number of hydrogen-bond acceptors (Lipinski definition) is 4. The van der Waals surface area contributed by atoms with Crippen LogP contribution in [-0.2, 0) is 11.4 Å². The Morgan fingerprint density at radius 1 is 1.38 bits per heavy atom. The average molecular weight is 288 g/mol. The third kappa shape index (κ3) is 3.93. The molecule has 1 aromatic carbocycles. The van der Waals surface area contributed by atoms with Crippen LogP contribution in [0.15, 0.2) is 41.3 Å². The predicted octanol–water partition coefficient (Wildman–Crippen LogP) is 1.19. The van der Waals surface area contributed by atoms with E-state index in [4.69, 9.17) is 9.84 Å². The normalized spacial score (nSPS) is 10.2. The van der Waals surface area contributed by atoms with E-state index in [1.807, 2.05) is 25.1 Å². The van der Waals surface area contributed by atoms with Gasteiger partial charge in [-0.3, -0.25) is 9.59 Å². The minimum atomic E-state index is -0.388. The van der Waals surface area contributed by atoms with E-state index < -0.39 is 0 Å². The molecule has 0 radical (unpaired) electrons. The minimum Gasteiger partial charge on any atom is -0.478 e. The first-order valence-electron chi connectivity index (χ1n) is 6.41. The van der Waals surface area contributed by atoms with Gasteiger partial charge in [0.05, 0.1) is 6.61 Å². The van der Waals surface area contributed by atoms with Gasteiger partial charge < -0.3 is 20.1 Å². The van der Waals surface area contributed by atoms with Crippen molar-refractivity contribution in [1.82, 2.24) is 4.98 Å². The number of aromatic amines is 1. The van der Waals surface area contributed by atoms with Gasteiger partial charge in [0.2, 0.25) is 5.43 Å². The lowest BCUT2D eigenvalue weighted by atomic mass is 10.2. The Kier molecular flexibility index (Phi) is 4.73. The highest BCUT2D eigenvalue weighted by Crippen LogP contribution is 2.12. The van der Waals surface area contributed by atoms with Crippen molar-refractivity contribution in [3.63, 3.8) is 0 Å². The summed E-state index contributed by atoms with van der Waals surface area (Å²) >= 11 is 0. The molecular weight excluding hydrogens is 272 g/mol. The second kappa shape index (κ2) is 6.71. The monoisotopic (exact) mass is 288 g/mol. The van der Waals surface area contributed by atoms with Gasteiger partial charge >= 0.3 is 0 Å². The maximum Gasteiger partial charge on any atom is 0.262 e. The number of aromatic nitrogens is 1. The Balaban J connectivity index is 1.96. The highest BCUT2D eigenvalue weighted by Gasteiger charge is 2.07. The molecule has 0 aliphatic rings. The molecular formula is C15H16N2O4. The van der Waals surface area contributed by atoms with Crippen molar-refractivity contribution in [3.8, 4) is 5.75 Å². The maximum atomic E-state index is 11.8. The van der Waals surface area contributed by atoms with Crippen molar-refractivity contribution in [2.45, 2.75) is 13.5 Å². The van der Waals surface area contributed by atoms with Crippen LogP contribution >= 0.6 is 0 Å². The SMILES string of the molecule is Cc1ccccc1NC(=O)COc1c[nH]c(CO)cc1=O. The number of aliphatic hydroxyl groups is 1. The molecule has 2 aromatic rings. The van der Waals surface area contributed by atoms with Crippen molar-refractivity contribution in [3.05, 3.63) is 58.0 Å². The van der Waals surface area contributed by atoms with Gasteiger partial charge in [0, 0.05) is 23.6 Å². The summed E-state index contributed by atoms with van der Waals surface area (Å²) in [6, 6.07) is 8.60. The van der Waals surface area contributed by atoms with Crippen molar-refractivity contribution in [2.75, 3.05) is 11.9 Å². The largest absolute Gasteiger partial charge is 0.478 e. The van der Waals surface area contributed by atoms with E-state index in [2.05, 4.69) is 10.3 Å². The lowest BCUT2D eigenvalue weighted by Gasteiger charge is -2.09. The molecule has 1 amide bonds. The Hall–Kier alpha value is -2.60. The molecule has 0 aliphatic heterocycles. The molecule has 6 nitrogen and oxygen atoms in total. The number of benzene rings is 1. The molecule has 0 saturated carbocycles. The van der Waals surface area contributed by atoms with Crippen LogP contribution in [-0.4, -0.2) is 22.6 Å².